The zero-order valence-corrected chi connectivity index (χ0v) is 12.5. The molecule has 0 bridgehead atoms. The van der Waals surface area contributed by atoms with Gasteiger partial charge in [-0.05, 0) is 29.0 Å². The summed E-state index contributed by atoms with van der Waals surface area (Å²) >= 11 is 3.24. The van der Waals surface area contributed by atoms with Crippen LogP contribution in [0.5, 0.6) is 0 Å². The largest absolute Gasteiger partial charge is 0.349 e. The van der Waals surface area contributed by atoms with E-state index in [4.69, 9.17) is 0 Å². The molecule has 0 saturated heterocycles. The highest BCUT2D eigenvalue weighted by Gasteiger charge is 2.11. The van der Waals surface area contributed by atoms with Gasteiger partial charge in [0, 0.05) is 17.8 Å². The van der Waals surface area contributed by atoms with Gasteiger partial charge in [-0.1, -0.05) is 15.9 Å². The van der Waals surface area contributed by atoms with Crippen LogP contribution in [-0.2, 0) is 11.3 Å². The van der Waals surface area contributed by atoms with E-state index in [-0.39, 0.29) is 18.1 Å². The third-order valence-corrected chi connectivity index (χ3v) is 3.22. The fourth-order valence-electron chi connectivity index (χ4n) is 1.63. The van der Waals surface area contributed by atoms with Gasteiger partial charge in [0.25, 0.3) is 0 Å². The minimum Gasteiger partial charge on any atom is -0.349 e. The third-order valence-electron chi connectivity index (χ3n) is 2.66. The lowest BCUT2D eigenvalue weighted by Crippen LogP contribution is -2.24. The number of aromatic nitrogens is 4. The summed E-state index contributed by atoms with van der Waals surface area (Å²) in [7, 11) is 0. The first-order valence-electron chi connectivity index (χ1n) is 6.17. The first kappa shape index (κ1) is 15.5. The summed E-state index contributed by atoms with van der Waals surface area (Å²) in [6.45, 7) is 0.104. The van der Waals surface area contributed by atoms with Gasteiger partial charge in [0.1, 0.15) is 0 Å². The maximum atomic E-state index is 13.2. The summed E-state index contributed by atoms with van der Waals surface area (Å²) in [5.74, 6) is -1.74. The summed E-state index contributed by atoms with van der Waals surface area (Å²) < 4.78 is 27.4. The van der Waals surface area contributed by atoms with Crippen molar-refractivity contribution in [3.8, 4) is 5.69 Å². The molecule has 0 aliphatic carbocycles. The van der Waals surface area contributed by atoms with Crippen LogP contribution in [-0.4, -0.2) is 31.4 Å². The van der Waals surface area contributed by atoms with Gasteiger partial charge in [0.2, 0.25) is 5.91 Å². The Labute approximate surface area is 127 Å². The zero-order chi connectivity index (χ0) is 15.2. The molecule has 6 nitrogen and oxygen atoms in total. The van der Waals surface area contributed by atoms with Gasteiger partial charge in [-0.15, -0.1) is 5.10 Å². The lowest BCUT2D eigenvalue weighted by Gasteiger charge is -2.06. The van der Waals surface area contributed by atoms with E-state index in [9.17, 15) is 13.6 Å². The van der Waals surface area contributed by atoms with E-state index >= 15 is 0 Å². The SMILES string of the molecule is O=C(CCCBr)NCc1nnnn1-c1ccc(F)c(F)c1. The molecule has 1 aromatic heterocycles. The Bertz CT molecular complexity index is 634. The Balaban J connectivity index is 2.08. The molecule has 0 radical (unpaired) electrons. The fourth-order valence-corrected chi connectivity index (χ4v) is 1.91. The molecule has 9 heteroatoms. The Hall–Kier alpha value is -1.90. The Morgan fingerprint density at radius 3 is 2.86 bits per heavy atom. The molecule has 0 aliphatic rings. The van der Waals surface area contributed by atoms with Crippen molar-refractivity contribution in [3.05, 3.63) is 35.7 Å². The van der Waals surface area contributed by atoms with Crippen molar-refractivity contribution in [1.82, 2.24) is 25.5 Å². The smallest absolute Gasteiger partial charge is 0.220 e. The van der Waals surface area contributed by atoms with E-state index in [0.717, 1.165) is 23.9 Å². The number of carbonyl (C=O) groups excluding carboxylic acids is 1. The van der Waals surface area contributed by atoms with Crippen LogP contribution in [0.4, 0.5) is 8.78 Å². The van der Waals surface area contributed by atoms with Gasteiger partial charge in [-0.25, -0.2) is 8.78 Å². The molecule has 0 saturated carbocycles. The first-order chi connectivity index (χ1) is 10.1. The predicted molar refractivity (Wildman–Crippen MR) is 73.9 cm³/mol. The van der Waals surface area contributed by atoms with Gasteiger partial charge in [-0.2, -0.15) is 4.68 Å². The van der Waals surface area contributed by atoms with Crippen LogP contribution in [0, 0.1) is 11.6 Å². The number of rotatable bonds is 6. The minimum atomic E-state index is -0.990. The molecule has 0 spiro atoms. The van der Waals surface area contributed by atoms with Crippen molar-refractivity contribution < 1.29 is 13.6 Å². The van der Waals surface area contributed by atoms with E-state index in [2.05, 4.69) is 36.8 Å². The van der Waals surface area contributed by atoms with Gasteiger partial charge in [0.15, 0.2) is 17.5 Å². The molecule has 2 aromatic rings. The highest BCUT2D eigenvalue weighted by Crippen LogP contribution is 2.13. The van der Waals surface area contributed by atoms with E-state index in [0.29, 0.717) is 12.2 Å². The predicted octanol–water partition coefficient (Wildman–Crippen LogP) is 1.73. The minimum absolute atomic E-state index is 0.104. The first-order valence-corrected chi connectivity index (χ1v) is 7.29. The zero-order valence-electron chi connectivity index (χ0n) is 10.9. The molecule has 0 fully saturated rings. The number of amides is 1. The number of nitrogens with zero attached hydrogens (tertiary/aromatic N) is 4. The second-order valence-corrected chi connectivity index (χ2v) is 4.97. The van der Waals surface area contributed by atoms with Gasteiger partial charge in [-0.3, -0.25) is 4.79 Å². The number of tetrazole rings is 1. The molecule has 1 N–H and O–H groups in total. The van der Waals surface area contributed by atoms with Crippen molar-refractivity contribution in [2.75, 3.05) is 5.33 Å². The molecular weight excluding hydrogens is 348 g/mol. The van der Waals surface area contributed by atoms with Crippen LogP contribution in [0.2, 0.25) is 0 Å². The number of alkyl halides is 1. The number of hydrogen-bond acceptors (Lipinski definition) is 4. The topological polar surface area (TPSA) is 72.7 Å². The van der Waals surface area contributed by atoms with E-state index in [1.54, 1.807) is 0 Å². The van der Waals surface area contributed by atoms with E-state index in [1.165, 1.54) is 10.7 Å². The van der Waals surface area contributed by atoms with Crippen LogP contribution < -0.4 is 5.32 Å². The highest BCUT2D eigenvalue weighted by atomic mass is 79.9. The number of nitrogens with one attached hydrogen (secondary N) is 1. The van der Waals surface area contributed by atoms with E-state index < -0.39 is 11.6 Å². The molecule has 2 rings (SSSR count). The molecule has 0 atom stereocenters. The summed E-state index contributed by atoms with van der Waals surface area (Å²) in [6.07, 6.45) is 1.11. The summed E-state index contributed by atoms with van der Waals surface area (Å²) in [6, 6.07) is 3.33. The second kappa shape index (κ2) is 7.21. The Morgan fingerprint density at radius 2 is 2.14 bits per heavy atom. The summed E-state index contributed by atoms with van der Waals surface area (Å²) in [5.41, 5.74) is 0.281. The molecule has 0 unspecified atom stereocenters. The normalized spacial score (nSPS) is 10.6. The quantitative estimate of drug-likeness (QED) is 0.797. The average molecular weight is 360 g/mol. The van der Waals surface area contributed by atoms with Crippen molar-refractivity contribution in [2.45, 2.75) is 19.4 Å². The fraction of sp³-hybridized carbons (Fsp3) is 0.333. The van der Waals surface area contributed by atoms with Crippen LogP contribution >= 0.6 is 15.9 Å². The summed E-state index contributed by atoms with van der Waals surface area (Å²) in [5, 5.41) is 14.4. The lowest BCUT2D eigenvalue weighted by molar-refractivity contribution is -0.121. The average Bonchev–Trinajstić information content (AvgIpc) is 2.94. The second-order valence-electron chi connectivity index (χ2n) is 4.17. The number of hydrogen-bond donors (Lipinski definition) is 1. The number of carbonyl (C=O) groups is 1. The van der Waals surface area contributed by atoms with Crippen LogP contribution in [0.3, 0.4) is 0 Å². The third kappa shape index (κ3) is 4.03. The van der Waals surface area contributed by atoms with Crippen LogP contribution in [0.1, 0.15) is 18.7 Å². The highest BCUT2D eigenvalue weighted by molar-refractivity contribution is 9.09. The van der Waals surface area contributed by atoms with Crippen LogP contribution in [0.15, 0.2) is 18.2 Å². The lowest BCUT2D eigenvalue weighted by atomic mass is 10.3. The maximum Gasteiger partial charge on any atom is 0.220 e. The van der Waals surface area contributed by atoms with Gasteiger partial charge >= 0.3 is 0 Å². The van der Waals surface area contributed by atoms with Crippen molar-refractivity contribution in [2.24, 2.45) is 0 Å². The molecule has 112 valence electrons. The molecular formula is C12H12BrF2N5O. The van der Waals surface area contributed by atoms with Crippen molar-refractivity contribution in [3.63, 3.8) is 0 Å². The number of benzene rings is 1. The Morgan fingerprint density at radius 1 is 1.33 bits per heavy atom. The van der Waals surface area contributed by atoms with Crippen molar-refractivity contribution in [1.29, 1.82) is 0 Å². The Kier molecular flexibility index (Phi) is 5.32. The standard InChI is InChI=1S/C12H12BrF2N5O/c13-5-1-2-12(21)16-7-11-17-18-19-20(11)8-3-4-9(14)10(15)6-8/h3-4,6H,1-2,5,7H2,(H,16,21). The van der Waals surface area contributed by atoms with E-state index in [1.807, 2.05) is 0 Å². The van der Waals surface area contributed by atoms with Gasteiger partial charge in [0.05, 0.1) is 12.2 Å². The number of halogens is 3. The molecule has 1 aromatic carbocycles. The molecule has 0 aliphatic heterocycles. The van der Waals surface area contributed by atoms with Crippen LogP contribution in [0.25, 0.3) is 5.69 Å². The molecule has 21 heavy (non-hydrogen) atoms. The monoisotopic (exact) mass is 359 g/mol. The molecule has 1 amide bonds. The maximum absolute atomic E-state index is 13.2. The van der Waals surface area contributed by atoms with Crippen molar-refractivity contribution >= 4 is 21.8 Å². The molecule has 1 heterocycles. The van der Waals surface area contributed by atoms with Gasteiger partial charge < -0.3 is 5.32 Å². The summed E-state index contributed by atoms with van der Waals surface area (Å²) in [4.78, 5) is 11.5.